The topological polar surface area (TPSA) is 76.2 Å². The number of anilines is 1. The van der Waals surface area contributed by atoms with Gasteiger partial charge in [0.2, 0.25) is 0 Å². The van der Waals surface area contributed by atoms with Crippen LogP contribution in [-0.2, 0) is 4.74 Å². The predicted octanol–water partition coefficient (Wildman–Crippen LogP) is 4.07. The SMILES string of the molecule is CCCCOC(=O)Nc1nccc2c1[nH]c1cc(OC)ccc12. The molecule has 0 unspecified atom stereocenters. The van der Waals surface area contributed by atoms with E-state index in [1.807, 2.05) is 31.2 Å². The second-order valence-corrected chi connectivity index (χ2v) is 5.23. The number of amides is 1. The molecular formula is C17H19N3O3. The molecule has 0 aliphatic heterocycles. The molecule has 0 saturated heterocycles. The highest BCUT2D eigenvalue weighted by molar-refractivity contribution is 6.11. The van der Waals surface area contributed by atoms with E-state index in [9.17, 15) is 4.79 Å². The van der Waals surface area contributed by atoms with Crippen LogP contribution >= 0.6 is 0 Å². The molecule has 120 valence electrons. The van der Waals surface area contributed by atoms with E-state index in [-0.39, 0.29) is 0 Å². The summed E-state index contributed by atoms with van der Waals surface area (Å²) in [5, 5.41) is 4.73. The Balaban J connectivity index is 1.93. The van der Waals surface area contributed by atoms with Gasteiger partial charge in [0.05, 0.1) is 24.8 Å². The molecule has 6 heteroatoms. The second kappa shape index (κ2) is 6.56. The maximum Gasteiger partial charge on any atom is 0.412 e. The van der Waals surface area contributed by atoms with Gasteiger partial charge in [-0.1, -0.05) is 13.3 Å². The largest absolute Gasteiger partial charge is 0.497 e. The highest BCUT2D eigenvalue weighted by Crippen LogP contribution is 2.31. The number of aromatic nitrogens is 2. The van der Waals surface area contributed by atoms with Gasteiger partial charge in [0.15, 0.2) is 5.82 Å². The summed E-state index contributed by atoms with van der Waals surface area (Å²) in [6.45, 7) is 2.45. The minimum Gasteiger partial charge on any atom is -0.497 e. The van der Waals surface area contributed by atoms with Crippen LogP contribution in [0.5, 0.6) is 5.75 Å². The fraction of sp³-hybridized carbons (Fsp3) is 0.294. The van der Waals surface area contributed by atoms with E-state index in [2.05, 4.69) is 15.3 Å². The summed E-state index contributed by atoms with van der Waals surface area (Å²) in [5.74, 6) is 1.23. The number of rotatable bonds is 5. The number of nitrogens with zero attached hydrogens (tertiary/aromatic N) is 1. The number of hydrogen-bond donors (Lipinski definition) is 2. The van der Waals surface area contributed by atoms with Crippen molar-refractivity contribution in [1.82, 2.24) is 9.97 Å². The van der Waals surface area contributed by atoms with Crippen molar-refractivity contribution in [2.75, 3.05) is 19.0 Å². The van der Waals surface area contributed by atoms with Gasteiger partial charge in [-0.2, -0.15) is 0 Å². The van der Waals surface area contributed by atoms with Crippen molar-refractivity contribution in [3.05, 3.63) is 30.5 Å². The number of benzene rings is 1. The van der Waals surface area contributed by atoms with Crippen LogP contribution in [0.2, 0.25) is 0 Å². The first-order chi connectivity index (χ1) is 11.2. The van der Waals surface area contributed by atoms with E-state index in [1.54, 1.807) is 13.3 Å². The molecule has 0 atom stereocenters. The van der Waals surface area contributed by atoms with Gasteiger partial charge in [0, 0.05) is 23.0 Å². The summed E-state index contributed by atoms with van der Waals surface area (Å²) in [5.41, 5.74) is 1.69. The van der Waals surface area contributed by atoms with Crippen LogP contribution in [0.4, 0.5) is 10.6 Å². The number of H-pyrrole nitrogens is 1. The van der Waals surface area contributed by atoms with Crippen LogP contribution in [0.25, 0.3) is 21.8 Å². The number of methoxy groups -OCH3 is 1. The number of fused-ring (bicyclic) bond motifs is 3. The normalized spacial score (nSPS) is 10.9. The molecule has 23 heavy (non-hydrogen) atoms. The Bertz CT molecular complexity index is 842. The first kappa shape index (κ1) is 15.1. The third-order valence-corrected chi connectivity index (χ3v) is 3.68. The summed E-state index contributed by atoms with van der Waals surface area (Å²) in [4.78, 5) is 19.4. The van der Waals surface area contributed by atoms with Gasteiger partial charge < -0.3 is 14.5 Å². The zero-order chi connectivity index (χ0) is 16.2. The Morgan fingerprint density at radius 2 is 2.17 bits per heavy atom. The summed E-state index contributed by atoms with van der Waals surface area (Å²) in [7, 11) is 1.63. The number of unbranched alkanes of at least 4 members (excludes halogenated alkanes) is 1. The van der Waals surface area contributed by atoms with Crippen molar-refractivity contribution in [2.45, 2.75) is 19.8 Å². The lowest BCUT2D eigenvalue weighted by molar-refractivity contribution is 0.160. The molecule has 3 rings (SSSR count). The zero-order valence-corrected chi connectivity index (χ0v) is 13.2. The zero-order valence-electron chi connectivity index (χ0n) is 13.2. The van der Waals surface area contributed by atoms with Gasteiger partial charge in [-0.15, -0.1) is 0 Å². The number of carbonyl (C=O) groups is 1. The van der Waals surface area contributed by atoms with Crippen molar-refractivity contribution in [1.29, 1.82) is 0 Å². The molecule has 0 aliphatic carbocycles. The predicted molar refractivity (Wildman–Crippen MR) is 90.0 cm³/mol. The van der Waals surface area contributed by atoms with Gasteiger partial charge in [0.1, 0.15) is 5.75 Å². The van der Waals surface area contributed by atoms with Gasteiger partial charge in [-0.3, -0.25) is 5.32 Å². The first-order valence-electron chi connectivity index (χ1n) is 7.61. The number of nitrogens with one attached hydrogen (secondary N) is 2. The Hall–Kier alpha value is -2.76. The first-order valence-corrected chi connectivity index (χ1v) is 7.61. The molecule has 1 aromatic carbocycles. The number of aromatic amines is 1. The maximum absolute atomic E-state index is 11.8. The summed E-state index contributed by atoms with van der Waals surface area (Å²) >= 11 is 0. The van der Waals surface area contributed by atoms with E-state index < -0.39 is 6.09 Å². The average Bonchev–Trinajstić information content (AvgIpc) is 2.94. The summed E-state index contributed by atoms with van der Waals surface area (Å²) in [6, 6.07) is 7.71. The van der Waals surface area contributed by atoms with Crippen molar-refractivity contribution in [3.63, 3.8) is 0 Å². The Labute approximate surface area is 133 Å². The lowest BCUT2D eigenvalue weighted by Crippen LogP contribution is -2.15. The summed E-state index contributed by atoms with van der Waals surface area (Å²) < 4.78 is 10.4. The monoisotopic (exact) mass is 313 g/mol. The Kier molecular flexibility index (Phi) is 4.32. The van der Waals surface area contributed by atoms with Crippen LogP contribution < -0.4 is 10.1 Å². The number of ether oxygens (including phenoxy) is 2. The molecule has 2 heterocycles. The smallest absolute Gasteiger partial charge is 0.412 e. The van der Waals surface area contributed by atoms with Crippen LogP contribution in [0.1, 0.15) is 19.8 Å². The molecule has 2 aromatic heterocycles. The fourth-order valence-electron chi connectivity index (χ4n) is 2.47. The Morgan fingerprint density at radius 3 is 2.96 bits per heavy atom. The average molecular weight is 313 g/mol. The van der Waals surface area contributed by atoms with E-state index in [1.165, 1.54) is 0 Å². The lowest BCUT2D eigenvalue weighted by atomic mass is 10.2. The second-order valence-electron chi connectivity index (χ2n) is 5.23. The lowest BCUT2D eigenvalue weighted by Gasteiger charge is -2.06. The molecule has 0 radical (unpaired) electrons. The van der Waals surface area contributed by atoms with Crippen molar-refractivity contribution in [2.24, 2.45) is 0 Å². The number of carbonyl (C=O) groups excluding carboxylic acids is 1. The van der Waals surface area contributed by atoms with E-state index in [4.69, 9.17) is 9.47 Å². The van der Waals surface area contributed by atoms with Crippen molar-refractivity contribution < 1.29 is 14.3 Å². The molecule has 2 N–H and O–H groups in total. The highest BCUT2D eigenvalue weighted by Gasteiger charge is 2.12. The highest BCUT2D eigenvalue weighted by atomic mass is 16.5. The molecule has 0 aliphatic rings. The van der Waals surface area contributed by atoms with Gasteiger partial charge in [0.25, 0.3) is 0 Å². The molecule has 0 bridgehead atoms. The van der Waals surface area contributed by atoms with E-state index in [0.29, 0.717) is 12.4 Å². The van der Waals surface area contributed by atoms with E-state index >= 15 is 0 Å². The quantitative estimate of drug-likeness (QED) is 0.696. The molecule has 3 aromatic rings. The minimum atomic E-state index is -0.491. The third kappa shape index (κ3) is 3.06. The van der Waals surface area contributed by atoms with Crippen molar-refractivity contribution >= 4 is 33.7 Å². The minimum absolute atomic E-state index is 0.405. The van der Waals surface area contributed by atoms with Crippen LogP contribution in [0.15, 0.2) is 30.5 Å². The van der Waals surface area contributed by atoms with Crippen LogP contribution in [-0.4, -0.2) is 29.8 Å². The molecule has 0 fully saturated rings. The maximum atomic E-state index is 11.8. The molecular weight excluding hydrogens is 294 g/mol. The molecule has 1 amide bonds. The van der Waals surface area contributed by atoms with Crippen molar-refractivity contribution in [3.8, 4) is 5.75 Å². The van der Waals surface area contributed by atoms with Gasteiger partial charge in [-0.25, -0.2) is 9.78 Å². The number of hydrogen-bond acceptors (Lipinski definition) is 4. The Morgan fingerprint density at radius 1 is 1.30 bits per heavy atom. The fourth-order valence-corrected chi connectivity index (χ4v) is 2.47. The summed E-state index contributed by atoms with van der Waals surface area (Å²) in [6.07, 6.45) is 3.00. The van der Waals surface area contributed by atoms with Gasteiger partial charge in [-0.05, 0) is 24.6 Å². The van der Waals surface area contributed by atoms with E-state index in [0.717, 1.165) is 40.4 Å². The molecule has 6 nitrogen and oxygen atoms in total. The third-order valence-electron chi connectivity index (χ3n) is 3.68. The molecule has 0 spiro atoms. The van der Waals surface area contributed by atoms with Gasteiger partial charge >= 0.3 is 6.09 Å². The molecule has 0 saturated carbocycles. The van der Waals surface area contributed by atoms with Crippen LogP contribution in [0, 0.1) is 0 Å². The van der Waals surface area contributed by atoms with Crippen LogP contribution in [0.3, 0.4) is 0 Å². The standard InChI is InChI=1S/C17H19N3O3/c1-3-4-9-23-17(21)20-16-15-13(7-8-18-16)12-6-5-11(22-2)10-14(12)19-15/h5-8,10,19H,3-4,9H2,1-2H3,(H,18,20,21). The number of pyridine rings is 1.